The summed E-state index contributed by atoms with van der Waals surface area (Å²) in [6.45, 7) is 1.92. The lowest BCUT2D eigenvalue weighted by Crippen LogP contribution is -2.52. The zero-order valence-corrected chi connectivity index (χ0v) is 13.4. The molecule has 0 aliphatic heterocycles. The Hall–Kier alpha value is -1.40. The molecule has 1 amide bonds. The van der Waals surface area contributed by atoms with E-state index in [1.54, 1.807) is 5.51 Å². The zero-order valence-electron chi connectivity index (χ0n) is 11.8. The Bertz CT molecular complexity index is 597. The highest BCUT2D eigenvalue weighted by atomic mass is 32.2. The van der Waals surface area contributed by atoms with Crippen molar-refractivity contribution in [2.45, 2.75) is 41.3 Å². The van der Waals surface area contributed by atoms with Gasteiger partial charge in [0.25, 0.3) is 0 Å². The Morgan fingerprint density at radius 2 is 2.14 bits per heavy atom. The van der Waals surface area contributed by atoms with Crippen LogP contribution < -0.4 is 5.32 Å². The van der Waals surface area contributed by atoms with E-state index in [0.717, 1.165) is 23.6 Å². The van der Waals surface area contributed by atoms with Crippen molar-refractivity contribution in [2.75, 3.05) is 0 Å². The molecule has 1 aliphatic rings. The Labute approximate surface area is 132 Å². The number of amides is 1. The molecular weight excluding hydrogens is 302 g/mol. The van der Waals surface area contributed by atoms with Gasteiger partial charge in [-0.2, -0.15) is 0 Å². The SMILES string of the molecule is CC(Sc1nncs1)C(=O)NC1(c2ccccc2)CCC1. The number of benzene rings is 1. The maximum Gasteiger partial charge on any atom is 0.233 e. The minimum absolute atomic E-state index is 0.0683. The van der Waals surface area contributed by atoms with E-state index in [2.05, 4.69) is 27.6 Å². The first kappa shape index (κ1) is 14.5. The van der Waals surface area contributed by atoms with Crippen LogP contribution in [0.25, 0.3) is 0 Å². The fourth-order valence-electron chi connectivity index (χ4n) is 2.53. The van der Waals surface area contributed by atoms with Crippen molar-refractivity contribution in [3.05, 3.63) is 41.4 Å². The number of thioether (sulfide) groups is 1. The summed E-state index contributed by atoms with van der Waals surface area (Å²) in [5, 5.41) is 10.9. The van der Waals surface area contributed by atoms with Gasteiger partial charge in [0.05, 0.1) is 10.8 Å². The second-order valence-corrected chi connectivity index (χ2v) is 7.68. The van der Waals surface area contributed by atoms with Crippen molar-refractivity contribution in [1.29, 1.82) is 0 Å². The molecule has 1 aromatic carbocycles. The smallest absolute Gasteiger partial charge is 0.233 e. The molecule has 1 saturated carbocycles. The van der Waals surface area contributed by atoms with Crippen LogP contribution in [-0.2, 0) is 10.3 Å². The number of nitrogens with zero attached hydrogens (tertiary/aromatic N) is 2. The van der Waals surface area contributed by atoms with E-state index >= 15 is 0 Å². The lowest BCUT2D eigenvalue weighted by Gasteiger charge is -2.43. The molecule has 1 aromatic heterocycles. The summed E-state index contributed by atoms with van der Waals surface area (Å²) in [6.07, 6.45) is 3.19. The number of hydrogen-bond acceptors (Lipinski definition) is 5. The Kier molecular flexibility index (Phi) is 4.26. The summed E-state index contributed by atoms with van der Waals surface area (Å²) in [7, 11) is 0. The van der Waals surface area contributed by atoms with Crippen LogP contribution in [0.5, 0.6) is 0 Å². The van der Waals surface area contributed by atoms with Gasteiger partial charge in [0.15, 0.2) is 4.34 Å². The van der Waals surface area contributed by atoms with Crippen LogP contribution in [0.2, 0.25) is 0 Å². The summed E-state index contributed by atoms with van der Waals surface area (Å²) in [4.78, 5) is 12.5. The second-order valence-electron chi connectivity index (χ2n) is 5.26. The molecule has 3 rings (SSSR count). The van der Waals surface area contributed by atoms with Crippen LogP contribution in [0.1, 0.15) is 31.7 Å². The number of nitrogens with one attached hydrogen (secondary N) is 1. The molecule has 1 aliphatic carbocycles. The molecule has 4 nitrogen and oxygen atoms in total. The monoisotopic (exact) mass is 319 g/mol. The van der Waals surface area contributed by atoms with Crippen molar-refractivity contribution in [1.82, 2.24) is 15.5 Å². The molecule has 6 heteroatoms. The molecule has 110 valence electrons. The largest absolute Gasteiger partial charge is 0.346 e. The van der Waals surface area contributed by atoms with Crippen molar-refractivity contribution in [3.8, 4) is 0 Å². The third-order valence-corrected chi connectivity index (χ3v) is 5.79. The summed E-state index contributed by atoms with van der Waals surface area (Å²) in [5.74, 6) is 0.0683. The Balaban J connectivity index is 1.68. The lowest BCUT2D eigenvalue weighted by atomic mass is 9.71. The van der Waals surface area contributed by atoms with Gasteiger partial charge in [0, 0.05) is 0 Å². The van der Waals surface area contributed by atoms with Crippen LogP contribution in [0, 0.1) is 0 Å². The molecule has 1 heterocycles. The zero-order chi connectivity index (χ0) is 14.7. The summed E-state index contributed by atoms with van der Waals surface area (Å²) in [6, 6.07) is 10.3. The van der Waals surface area contributed by atoms with Crippen molar-refractivity contribution in [2.24, 2.45) is 0 Å². The van der Waals surface area contributed by atoms with Crippen LogP contribution in [0.4, 0.5) is 0 Å². The van der Waals surface area contributed by atoms with Crippen molar-refractivity contribution in [3.63, 3.8) is 0 Å². The standard InChI is InChI=1S/C15H17N3OS2/c1-11(21-14-18-16-10-20-14)13(19)17-15(8-5-9-15)12-6-3-2-4-7-12/h2-4,6-7,10-11H,5,8-9H2,1H3,(H,17,19). The molecule has 1 N–H and O–H groups in total. The molecule has 0 saturated heterocycles. The first-order chi connectivity index (χ1) is 10.2. The van der Waals surface area contributed by atoms with Gasteiger partial charge in [-0.1, -0.05) is 53.4 Å². The molecule has 0 radical (unpaired) electrons. The third kappa shape index (κ3) is 3.11. The maximum absolute atomic E-state index is 12.5. The number of carbonyl (C=O) groups excluding carboxylic acids is 1. The molecule has 1 atom stereocenters. The van der Waals surface area contributed by atoms with Crippen molar-refractivity contribution >= 4 is 29.0 Å². The van der Waals surface area contributed by atoms with Gasteiger partial charge in [0.2, 0.25) is 5.91 Å². The second kappa shape index (κ2) is 6.15. The molecule has 1 fully saturated rings. The summed E-state index contributed by atoms with van der Waals surface area (Å²) >= 11 is 2.93. The highest BCUT2D eigenvalue weighted by Gasteiger charge is 2.40. The van der Waals surface area contributed by atoms with Crippen LogP contribution >= 0.6 is 23.1 Å². The molecule has 1 unspecified atom stereocenters. The summed E-state index contributed by atoms with van der Waals surface area (Å²) < 4.78 is 0.833. The van der Waals surface area contributed by atoms with E-state index in [9.17, 15) is 4.79 Å². The minimum atomic E-state index is -0.172. The van der Waals surface area contributed by atoms with Crippen molar-refractivity contribution < 1.29 is 4.79 Å². The normalized spacial score (nSPS) is 17.8. The fourth-order valence-corrected chi connectivity index (χ4v) is 4.16. The highest BCUT2D eigenvalue weighted by molar-refractivity contribution is 8.02. The number of aromatic nitrogens is 2. The minimum Gasteiger partial charge on any atom is -0.346 e. The van der Waals surface area contributed by atoms with Gasteiger partial charge in [-0.05, 0) is 31.7 Å². The lowest BCUT2D eigenvalue weighted by molar-refractivity contribution is -0.123. The number of rotatable bonds is 5. The average molecular weight is 319 g/mol. The van der Waals surface area contributed by atoms with Gasteiger partial charge in [-0.25, -0.2) is 0 Å². The van der Waals surface area contributed by atoms with E-state index < -0.39 is 0 Å². The maximum atomic E-state index is 12.5. The fraction of sp³-hybridized carbons (Fsp3) is 0.400. The van der Waals surface area contributed by atoms with Crippen LogP contribution in [0.15, 0.2) is 40.2 Å². The Morgan fingerprint density at radius 1 is 1.38 bits per heavy atom. The van der Waals surface area contributed by atoms with E-state index in [0.29, 0.717) is 0 Å². The van der Waals surface area contributed by atoms with Gasteiger partial charge < -0.3 is 5.32 Å². The van der Waals surface area contributed by atoms with Gasteiger partial charge >= 0.3 is 0 Å². The van der Waals surface area contributed by atoms with Gasteiger partial charge in [0.1, 0.15) is 5.51 Å². The topological polar surface area (TPSA) is 54.9 Å². The van der Waals surface area contributed by atoms with E-state index in [4.69, 9.17) is 0 Å². The van der Waals surface area contributed by atoms with Crippen LogP contribution in [0.3, 0.4) is 0 Å². The predicted octanol–water partition coefficient (Wildman–Crippen LogP) is 3.21. The third-order valence-electron chi connectivity index (χ3n) is 3.88. The molecule has 2 aromatic rings. The van der Waals surface area contributed by atoms with Gasteiger partial charge in [-0.15, -0.1) is 10.2 Å². The molecule has 21 heavy (non-hydrogen) atoms. The molecular formula is C15H17N3OS2. The average Bonchev–Trinajstić information content (AvgIpc) is 2.96. The molecule has 0 spiro atoms. The van der Waals surface area contributed by atoms with E-state index in [1.165, 1.54) is 28.7 Å². The van der Waals surface area contributed by atoms with E-state index in [1.807, 2.05) is 25.1 Å². The first-order valence-corrected chi connectivity index (χ1v) is 8.76. The van der Waals surface area contributed by atoms with Crippen LogP contribution in [-0.4, -0.2) is 21.4 Å². The number of carbonyl (C=O) groups is 1. The predicted molar refractivity (Wildman–Crippen MR) is 85.3 cm³/mol. The highest BCUT2D eigenvalue weighted by Crippen LogP contribution is 2.41. The quantitative estimate of drug-likeness (QED) is 0.860. The summed E-state index contributed by atoms with van der Waals surface area (Å²) in [5.41, 5.74) is 2.72. The van der Waals surface area contributed by atoms with E-state index in [-0.39, 0.29) is 16.7 Å². The number of hydrogen-bond donors (Lipinski definition) is 1. The first-order valence-electron chi connectivity index (χ1n) is 7.00. The molecule has 0 bridgehead atoms. The Morgan fingerprint density at radius 3 is 2.71 bits per heavy atom. The van der Waals surface area contributed by atoms with Gasteiger partial charge in [-0.3, -0.25) is 4.79 Å².